The second kappa shape index (κ2) is 6.77. The minimum atomic E-state index is 0.257. The van der Waals surface area contributed by atoms with Crippen LogP contribution in [0.25, 0.3) is 0 Å². The van der Waals surface area contributed by atoms with Gasteiger partial charge in [0.25, 0.3) is 0 Å². The van der Waals surface area contributed by atoms with Crippen molar-refractivity contribution in [3.05, 3.63) is 57.0 Å². The third-order valence-corrected chi connectivity index (χ3v) is 3.60. The Morgan fingerprint density at radius 1 is 1.30 bits per heavy atom. The van der Waals surface area contributed by atoms with Gasteiger partial charge in [0.15, 0.2) is 6.29 Å². The van der Waals surface area contributed by atoms with Crippen molar-refractivity contribution < 1.29 is 14.3 Å². The molecule has 104 valence electrons. The Labute approximate surface area is 130 Å². The van der Waals surface area contributed by atoms with Crippen LogP contribution in [0.4, 0.5) is 0 Å². The topological polar surface area (TPSA) is 35.5 Å². The Morgan fingerprint density at radius 2 is 2.10 bits per heavy atom. The SMILES string of the molecule is COc1ccc(Cl)cc1COc1c(Br)cccc1C=O. The van der Waals surface area contributed by atoms with Crippen molar-refractivity contribution in [3.8, 4) is 11.5 Å². The fourth-order valence-electron chi connectivity index (χ4n) is 1.78. The number of ether oxygens (including phenoxy) is 2. The first-order valence-electron chi connectivity index (χ1n) is 5.84. The molecule has 5 heteroatoms. The molecule has 0 bridgehead atoms. The molecule has 0 N–H and O–H groups in total. The highest BCUT2D eigenvalue weighted by Gasteiger charge is 2.10. The van der Waals surface area contributed by atoms with Gasteiger partial charge in [0.2, 0.25) is 0 Å². The molecule has 20 heavy (non-hydrogen) atoms. The predicted octanol–water partition coefficient (Wildman–Crippen LogP) is 4.50. The zero-order valence-corrected chi connectivity index (χ0v) is 13.1. The molecule has 2 rings (SSSR count). The number of halogens is 2. The third-order valence-electron chi connectivity index (χ3n) is 2.74. The Kier molecular flexibility index (Phi) is 5.04. The first-order valence-corrected chi connectivity index (χ1v) is 7.01. The standard InChI is InChI=1S/C15H12BrClO3/c1-19-14-6-5-12(17)7-11(14)9-20-15-10(8-18)3-2-4-13(15)16/h2-8H,9H2,1H3. The van der Waals surface area contributed by atoms with Gasteiger partial charge in [-0.2, -0.15) is 0 Å². The van der Waals surface area contributed by atoms with Crippen LogP contribution in [0.15, 0.2) is 40.9 Å². The largest absolute Gasteiger partial charge is 0.496 e. The second-order valence-electron chi connectivity index (χ2n) is 4.02. The van der Waals surface area contributed by atoms with Crippen molar-refractivity contribution in [3.63, 3.8) is 0 Å². The number of para-hydroxylation sites is 1. The summed E-state index contributed by atoms with van der Waals surface area (Å²) in [6, 6.07) is 10.6. The summed E-state index contributed by atoms with van der Waals surface area (Å²) in [7, 11) is 1.59. The van der Waals surface area contributed by atoms with E-state index in [1.54, 1.807) is 37.4 Å². The van der Waals surface area contributed by atoms with Crippen LogP contribution < -0.4 is 9.47 Å². The van der Waals surface area contributed by atoms with Crippen molar-refractivity contribution in [2.24, 2.45) is 0 Å². The van der Waals surface area contributed by atoms with E-state index in [4.69, 9.17) is 21.1 Å². The summed E-state index contributed by atoms with van der Waals surface area (Å²) in [5.41, 5.74) is 1.30. The molecule has 0 spiro atoms. The van der Waals surface area contributed by atoms with E-state index in [2.05, 4.69) is 15.9 Å². The zero-order chi connectivity index (χ0) is 14.5. The van der Waals surface area contributed by atoms with E-state index >= 15 is 0 Å². The van der Waals surface area contributed by atoms with Gasteiger partial charge < -0.3 is 9.47 Å². The average Bonchev–Trinajstić information content (AvgIpc) is 2.46. The normalized spacial score (nSPS) is 10.2. The quantitative estimate of drug-likeness (QED) is 0.741. The molecular weight excluding hydrogens is 344 g/mol. The van der Waals surface area contributed by atoms with E-state index < -0.39 is 0 Å². The van der Waals surface area contributed by atoms with Gasteiger partial charge in [-0.25, -0.2) is 0 Å². The van der Waals surface area contributed by atoms with Crippen molar-refractivity contribution in [1.82, 2.24) is 0 Å². The Balaban J connectivity index is 2.25. The van der Waals surface area contributed by atoms with Crippen molar-refractivity contribution in [1.29, 1.82) is 0 Å². The van der Waals surface area contributed by atoms with Crippen molar-refractivity contribution in [2.75, 3.05) is 7.11 Å². The molecule has 0 fully saturated rings. The summed E-state index contributed by atoms with van der Waals surface area (Å²) >= 11 is 9.34. The van der Waals surface area contributed by atoms with E-state index in [1.807, 2.05) is 6.07 Å². The van der Waals surface area contributed by atoms with Crippen LogP contribution in [0.5, 0.6) is 11.5 Å². The highest BCUT2D eigenvalue weighted by Crippen LogP contribution is 2.30. The fraction of sp³-hybridized carbons (Fsp3) is 0.133. The number of hydrogen-bond donors (Lipinski definition) is 0. The summed E-state index contributed by atoms with van der Waals surface area (Å²) in [6.07, 6.45) is 0.759. The smallest absolute Gasteiger partial charge is 0.153 e. The van der Waals surface area contributed by atoms with Crippen LogP contribution in [-0.4, -0.2) is 13.4 Å². The Morgan fingerprint density at radius 3 is 2.80 bits per heavy atom. The van der Waals surface area contributed by atoms with Crippen LogP contribution in [0.1, 0.15) is 15.9 Å². The van der Waals surface area contributed by atoms with Crippen LogP contribution >= 0.6 is 27.5 Å². The fourth-order valence-corrected chi connectivity index (χ4v) is 2.47. The van der Waals surface area contributed by atoms with Gasteiger partial charge in [0.1, 0.15) is 18.1 Å². The van der Waals surface area contributed by atoms with Crippen LogP contribution in [0.3, 0.4) is 0 Å². The summed E-state index contributed by atoms with van der Waals surface area (Å²) in [6.45, 7) is 0.257. The monoisotopic (exact) mass is 354 g/mol. The lowest BCUT2D eigenvalue weighted by atomic mass is 10.2. The molecule has 2 aromatic rings. The molecule has 0 aliphatic rings. The van der Waals surface area contributed by atoms with E-state index in [9.17, 15) is 4.79 Å². The number of rotatable bonds is 5. The van der Waals surface area contributed by atoms with Gasteiger partial charge in [0.05, 0.1) is 17.1 Å². The van der Waals surface area contributed by atoms with E-state index in [0.29, 0.717) is 22.1 Å². The molecule has 0 saturated heterocycles. The van der Waals surface area contributed by atoms with Crippen molar-refractivity contribution in [2.45, 2.75) is 6.61 Å². The molecule has 2 aromatic carbocycles. The summed E-state index contributed by atoms with van der Waals surface area (Å²) < 4.78 is 11.7. The predicted molar refractivity (Wildman–Crippen MR) is 81.9 cm³/mol. The molecule has 0 atom stereocenters. The van der Waals surface area contributed by atoms with Gasteiger partial charge in [-0.15, -0.1) is 0 Å². The molecule has 0 amide bonds. The van der Waals surface area contributed by atoms with Crippen LogP contribution in [0, 0.1) is 0 Å². The summed E-state index contributed by atoms with van der Waals surface area (Å²) in [4.78, 5) is 11.0. The molecule has 0 saturated carbocycles. The van der Waals surface area contributed by atoms with Gasteiger partial charge in [-0.1, -0.05) is 17.7 Å². The molecular formula is C15H12BrClO3. The number of methoxy groups -OCH3 is 1. The second-order valence-corrected chi connectivity index (χ2v) is 5.31. The zero-order valence-electron chi connectivity index (χ0n) is 10.7. The first-order chi connectivity index (χ1) is 9.65. The Hall–Kier alpha value is -1.52. The summed E-state index contributed by atoms with van der Waals surface area (Å²) in [5.74, 6) is 1.19. The van der Waals surface area contributed by atoms with Gasteiger partial charge in [-0.05, 0) is 46.3 Å². The van der Waals surface area contributed by atoms with Crippen molar-refractivity contribution >= 4 is 33.8 Å². The van der Waals surface area contributed by atoms with Gasteiger partial charge >= 0.3 is 0 Å². The number of carbonyl (C=O) groups is 1. The maximum absolute atomic E-state index is 11.0. The van der Waals surface area contributed by atoms with E-state index in [0.717, 1.165) is 16.3 Å². The minimum absolute atomic E-state index is 0.257. The van der Waals surface area contributed by atoms with E-state index in [1.165, 1.54) is 0 Å². The number of carbonyl (C=O) groups excluding carboxylic acids is 1. The highest BCUT2D eigenvalue weighted by atomic mass is 79.9. The maximum atomic E-state index is 11.0. The van der Waals surface area contributed by atoms with E-state index in [-0.39, 0.29) is 6.61 Å². The lowest BCUT2D eigenvalue weighted by molar-refractivity contribution is 0.111. The maximum Gasteiger partial charge on any atom is 0.153 e. The first kappa shape index (κ1) is 14.9. The average molecular weight is 356 g/mol. The molecule has 0 unspecified atom stereocenters. The highest BCUT2D eigenvalue weighted by molar-refractivity contribution is 9.10. The van der Waals surface area contributed by atoms with Crippen LogP contribution in [0.2, 0.25) is 5.02 Å². The summed E-state index contributed by atoms with van der Waals surface area (Å²) in [5, 5.41) is 0.604. The van der Waals surface area contributed by atoms with Crippen LogP contribution in [-0.2, 0) is 6.61 Å². The minimum Gasteiger partial charge on any atom is -0.496 e. The van der Waals surface area contributed by atoms with Gasteiger partial charge in [0, 0.05) is 10.6 Å². The number of benzene rings is 2. The lowest BCUT2D eigenvalue weighted by Gasteiger charge is -2.13. The lowest BCUT2D eigenvalue weighted by Crippen LogP contribution is -2.01. The molecule has 0 aliphatic carbocycles. The molecule has 0 heterocycles. The molecule has 0 aromatic heterocycles. The third kappa shape index (κ3) is 3.32. The molecule has 3 nitrogen and oxygen atoms in total. The number of hydrogen-bond acceptors (Lipinski definition) is 3. The number of aldehydes is 1. The molecule has 0 radical (unpaired) electrons. The Bertz CT molecular complexity index is 629. The molecule has 0 aliphatic heterocycles. The van der Waals surface area contributed by atoms with Gasteiger partial charge in [-0.3, -0.25) is 4.79 Å².